The fourth-order valence-corrected chi connectivity index (χ4v) is 2.61. The average molecular weight is 249 g/mol. The standard InChI is InChI=1S/C17H15NO/c18-14(11-19)10-17-15-7-3-1-5-12(15)9-13-6-2-4-8-16(13)17/h1-9,11,14H,10,18H2/t14-/m0/s1. The molecule has 0 aliphatic heterocycles. The molecule has 94 valence electrons. The number of hydrogen-bond donors (Lipinski definition) is 1. The lowest BCUT2D eigenvalue weighted by molar-refractivity contribution is -0.108. The van der Waals surface area contributed by atoms with Crippen molar-refractivity contribution in [3.8, 4) is 0 Å². The zero-order valence-corrected chi connectivity index (χ0v) is 10.5. The van der Waals surface area contributed by atoms with Gasteiger partial charge >= 0.3 is 0 Å². The summed E-state index contributed by atoms with van der Waals surface area (Å²) in [6.45, 7) is 0. The van der Waals surface area contributed by atoms with Gasteiger partial charge in [0.15, 0.2) is 0 Å². The number of carbonyl (C=O) groups is 1. The van der Waals surface area contributed by atoms with Crippen LogP contribution in [-0.4, -0.2) is 12.3 Å². The smallest absolute Gasteiger partial charge is 0.137 e. The molecular weight excluding hydrogens is 234 g/mol. The molecule has 0 aliphatic carbocycles. The first-order chi connectivity index (χ1) is 9.29. The van der Waals surface area contributed by atoms with Crippen molar-refractivity contribution < 1.29 is 4.79 Å². The van der Waals surface area contributed by atoms with Crippen LogP contribution in [0.5, 0.6) is 0 Å². The van der Waals surface area contributed by atoms with E-state index >= 15 is 0 Å². The van der Waals surface area contributed by atoms with Crippen molar-refractivity contribution in [2.45, 2.75) is 12.5 Å². The van der Waals surface area contributed by atoms with E-state index in [2.05, 4.69) is 30.3 Å². The average Bonchev–Trinajstić information content (AvgIpc) is 2.46. The van der Waals surface area contributed by atoms with Gasteiger partial charge in [0.25, 0.3) is 0 Å². The van der Waals surface area contributed by atoms with E-state index in [9.17, 15) is 4.79 Å². The van der Waals surface area contributed by atoms with Crippen LogP contribution in [0.15, 0.2) is 54.6 Å². The summed E-state index contributed by atoms with van der Waals surface area (Å²) in [5.41, 5.74) is 6.98. The maximum atomic E-state index is 10.9. The Balaban J connectivity index is 2.35. The summed E-state index contributed by atoms with van der Waals surface area (Å²) in [7, 11) is 0. The quantitative estimate of drug-likeness (QED) is 0.572. The van der Waals surface area contributed by atoms with Crippen LogP contribution < -0.4 is 5.73 Å². The minimum atomic E-state index is -0.450. The van der Waals surface area contributed by atoms with Gasteiger partial charge in [-0.1, -0.05) is 48.5 Å². The summed E-state index contributed by atoms with van der Waals surface area (Å²) >= 11 is 0. The van der Waals surface area contributed by atoms with Crippen molar-refractivity contribution in [2.75, 3.05) is 0 Å². The van der Waals surface area contributed by atoms with Crippen molar-refractivity contribution in [3.05, 3.63) is 60.2 Å². The molecule has 0 radical (unpaired) electrons. The second-order valence-corrected chi connectivity index (χ2v) is 4.80. The molecule has 3 aromatic carbocycles. The molecule has 1 atom stereocenters. The van der Waals surface area contributed by atoms with Crippen LogP contribution >= 0.6 is 0 Å². The van der Waals surface area contributed by atoms with E-state index in [0.717, 1.165) is 11.8 Å². The van der Waals surface area contributed by atoms with Gasteiger partial charge in [-0.15, -0.1) is 0 Å². The zero-order chi connectivity index (χ0) is 13.2. The first-order valence-electron chi connectivity index (χ1n) is 6.40. The minimum absolute atomic E-state index is 0.450. The molecule has 0 bridgehead atoms. The lowest BCUT2D eigenvalue weighted by atomic mass is 9.93. The van der Waals surface area contributed by atoms with Crippen LogP contribution in [0.3, 0.4) is 0 Å². The zero-order valence-electron chi connectivity index (χ0n) is 10.5. The SMILES string of the molecule is N[C@H](C=O)Cc1c2ccccc2cc2ccccc12. The predicted molar refractivity (Wildman–Crippen MR) is 79.2 cm³/mol. The summed E-state index contributed by atoms with van der Waals surface area (Å²) in [5.74, 6) is 0. The van der Waals surface area contributed by atoms with Crippen LogP contribution in [-0.2, 0) is 11.2 Å². The molecule has 0 saturated heterocycles. The molecule has 0 aliphatic rings. The molecular formula is C17H15NO. The fraction of sp³-hybridized carbons (Fsp3) is 0.118. The molecule has 0 spiro atoms. The fourth-order valence-electron chi connectivity index (χ4n) is 2.61. The van der Waals surface area contributed by atoms with Crippen molar-refractivity contribution in [3.63, 3.8) is 0 Å². The van der Waals surface area contributed by atoms with Gasteiger partial charge in [-0.05, 0) is 39.6 Å². The molecule has 0 fully saturated rings. The number of carbonyl (C=O) groups excluding carboxylic acids is 1. The van der Waals surface area contributed by atoms with Gasteiger partial charge in [-0.3, -0.25) is 0 Å². The van der Waals surface area contributed by atoms with Crippen LogP contribution in [0.2, 0.25) is 0 Å². The molecule has 0 aromatic heterocycles. The second kappa shape index (κ2) is 4.82. The Morgan fingerprint density at radius 2 is 1.47 bits per heavy atom. The highest BCUT2D eigenvalue weighted by atomic mass is 16.1. The molecule has 2 nitrogen and oxygen atoms in total. The summed E-state index contributed by atoms with van der Waals surface area (Å²) in [6.07, 6.45) is 1.39. The number of fused-ring (bicyclic) bond motifs is 2. The molecule has 2 heteroatoms. The first kappa shape index (κ1) is 11.9. The van der Waals surface area contributed by atoms with Gasteiger partial charge in [0.2, 0.25) is 0 Å². The molecule has 3 rings (SSSR count). The van der Waals surface area contributed by atoms with Crippen molar-refractivity contribution in [1.29, 1.82) is 0 Å². The molecule has 3 aromatic rings. The maximum absolute atomic E-state index is 10.9. The summed E-state index contributed by atoms with van der Waals surface area (Å²) in [5, 5.41) is 4.74. The van der Waals surface area contributed by atoms with Gasteiger partial charge < -0.3 is 10.5 Å². The summed E-state index contributed by atoms with van der Waals surface area (Å²) < 4.78 is 0. The number of nitrogens with two attached hydrogens (primary N) is 1. The van der Waals surface area contributed by atoms with Gasteiger partial charge in [-0.25, -0.2) is 0 Å². The highest BCUT2D eigenvalue weighted by Crippen LogP contribution is 2.29. The Hall–Kier alpha value is -2.19. The van der Waals surface area contributed by atoms with Gasteiger partial charge in [0.1, 0.15) is 6.29 Å². The van der Waals surface area contributed by atoms with Crippen LogP contribution in [0.4, 0.5) is 0 Å². The molecule has 0 amide bonds. The van der Waals surface area contributed by atoms with E-state index < -0.39 is 6.04 Å². The third kappa shape index (κ3) is 2.11. The van der Waals surface area contributed by atoms with Crippen molar-refractivity contribution in [1.82, 2.24) is 0 Å². The second-order valence-electron chi connectivity index (χ2n) is 4.80. The van der Waals surface area contributed by atoms with Gasteiger partial charge in [-0.2, -0.15) is 0 Å². The van der Waals surface area contributed by atoms with Crippen molar-refractivity contribution in [2.24, 2.45) is 5.73 Å². The Bertz CT molecular complexity index is 694. The van der Waals surface area contributed by atoms with Crippen molar-refractivity contribution >= 4 is 27.8 Å². The topological polar surface area (TPSA) is 43.1 Å². The van der Waals surface area contributed by atoms with E-state index in [1.165, 1.54) is 21.5 Å². The third-order valence-electron chi connectivity index (χ3n) is 3.50. The van der Waals surface area contributed by atoms with E-state index in [4.69, 9.17) is 5.73 Å². The van der Waals surface area contributed by atoms with Crippen LogP contribution in [0, 0.1) is 0 Å². The number of aldehydes is 1. The van der Waals surface area contributed by atoms with Gasteiger partial charge in [0.05, 0.1) is 6.04 Å². The Kier molecular flexibility index (Phi) is 3.02. The molecule has 0 saturated carbocycles. The van der Waals surface area contributed by atoms with E-state index in [-0.39, 0.29) is 0 Å². The summed E-state index contributed by atoms with van der Waals surface area (Å²) in [6, 6.07) is 18.2. The Morgan fingerprint density at radius 1 is 0.947 bits per heavy atom. The monoisotopic (exact) mass is 249 g/mol. The molecule has 2 N–H and O–H groups in total. The minimum Gasteiger partial charge on any atom is -0.321 e. The lowest BCUT2D eigenvalue weighted by Crippen LogP contribution is -2.24. The lowest BCUT2D eigenvalue weighted by Gasteiger charge is -2.12. The Morgan fingerprint density at radius 3 is 2.00 bits per heavy atom. The summed E-state index contributed by atoms with van der Waals surface area (Å²) in [4.78, 5) is 10.9. The van der Waals surface area contributed by atoms with E-state index in [0.29, 0.717) is 6.42 Å². The highest BCUT2D eigenvalue weighted by Gasteiger charge is 2.10. The van der Waals surface area contributed by atoms with Gasteiger partial charge in [0, 0.05) is 0 Å². The highest BCUT2D eigenvalue weighted by molar-refractivity contribution is 6.02. The number of rotatable bonds is 3. The normalized spacial score (nSPS) is 12.7. The third-order valence-corrected chi connectivity index (χ3v) is 3.50. The van der Waals surface area contributed by atoms with E-state index in [1.807, 2.05) is 24.3 Å². The number of benzene rings is 3. The Labute approximate surface area is 111 Å². The van der Waals surface area contributed by atoms with Crippen LogP contribution in [0.25, 0.3) is 21.5 Å². The van der Waals surface area contributed by atoms with E-state index in [1.54, 1.807) is 0 Å². The van der Waals surface area contributed by atoms with Crippen LogP contribution in [0.1, 0.15) is 5.56 Å². The molecule has 0 unspecified atom stereocenters. The maximum Gasteiger partial charge on any atom is 0.137 e. The first-order valence-corrected chi connectivity index (χ1v) is 6.40. The molecule has 19 heavy (non-hydrogen) atoms. The predicted octanol–water partition coefficient (Wildman–Crippen LogP) is 3.06. The number of hydrogen-bond acceptors (Lipinski definition) is 2. The largest absolute Gasteiger partial charge is 0.321 e. The molecule has 0 heterocycles.